The Morgan fingerprint density at radius 2 is 1.87 bits per heavy atom. The van der Waals surface area contributed by atoms with Crippen LogP contribution in [0.3, 0.4) is 0 Å². The molecule has 0 bridgehead atoms. The lowest BCUT2D eigenvalue weighted by molar-refractivity contribution is -0.121. The molecule has 0 saturated carbocycles. The standard InChI is InChI=1S/C12H21NO2/c1-4-11(14)7-5-6-8-12(15)13-9-10(2)3/h4,10H,1,5-9H2,2-3H3,(H,13,15). The van der Waals surface area contributed by atoms with Gasteiger partial charge < -0.3 is 5.32 Å². The Morgan fingerprint density at radius 3 is 2.40 bits per heavy atom. The fourth-order valence-corrected chi connectivity index (χ4v) is 1.09. The second-order valence-corrected chi connectivity index (χ2v) is 4.08. The van der Waals surface area contributed by atoms with Crippen LogP contribution in [0.1, 0.15) is 39.5 Å². The number of ketones is 1. The summed E-state index contributed by atoms with van der Waals surface area (Å²) in [7, 11) is 0. The van der Waals surface area contributed by atoms with Crippen molar-refractivity contribution >= 4 is 11.7 Å². The van der Waals surface area contributed by atoms with E-state index in [1.807, 2.05) is 0 Å². The number of hydrogen-bond acceptors (Lipinski definition) is 2. The molecule has 0 unspecified atom stereocenters. The molecule has 0 aliphatic carbocycles. The van der Waals surface area contributed by atoms with Crippen LogP contribution in [0.4, 0.5) is 0 Å². The van der Waals surface area contributed by atoms with Crippen LogP contribution < -0.4 is 5.32 Å². The largest absolute Gasteiger partial charge is 0.356 e. The van der Waals surface area contributed by atoms with Gasteiger partial charge in [0.1, 0.15) is 0 Å². The topological polar surface area (TPSA) is 46.2 Å². The molecule has 3 heteroatoms. The highest BCUT2D eigenvalue weighted by atomic mass is 16.1. The Morgan fingerprint density at radius 1 is 1.27 bits per heavy atom. The molecule has 0 aromatic rings. The van der Waals surface area contributed by atoms with Gasteiger partial charge >= 0.3 is 0 Å². The van der Waals surface area contributed by atoms with E-state index in [1.54, 1.807) is 0 Å². The minimum Gasteiger partial charge on any atom is -0.356 e. The average molecular weight is 211 g/mol. The van der Waals surface area contributed by atoms with Crippen molar-refractivity contribution in [2.45, 2.75) is 39.5 Å². The van der Waals surface area contributed by atoms with E-state index < -0.39 is 0 Å². The lowest BCUT2D eigenvalue weighted by atomic mass is 10.1. The van der Waals surface area contributed by atoms with Gasteiger partial charge in [0.15, 0.2) is 5.78 Å². The van der Waals surface area contributed by atoms with Gasteiger partial charge in [0, 0.05) is 19.4 Å². The molecule has 0 aromatic carbocycles. The Hall–Kier alpha value is -1.12. The van der Waals surface area contributed by atoms with Crippen molar-refractivity contribution in [3.63, 3.8) is 0 Å². The third-order valence-electron chi connectivity index (χ3n) is 2.01. The quantitative estimate of drug-likeness (QED) is 0.493. The summed E-state index contributed by atoms with van der Waals surface area (Å²) in [5.41, 5.74) is 0. The maximum absolute atomic E-state index is 11.2. The van der Waals surface area contributed by atoms with Gasteiger partial charge in [0.25, 0.3) is 0 Å². The second-order valence-electron chi connectivity index (χ2n) is 4.08. The summed E-state index contributed by atoms with van der Waals surface area (Å²) in [6.45, 7) is 8.24. The number of hydrogen-bond donors (Lipinski definition) is 1. The summed E-state index contributed by atoms with van der Waals surface area (Å²) < 4.78 is 0. The minimum absolute atomic E-state index is 0.0533. The molecule has 1 amide bonds. The number of carbonyl (C=O) groups excluding carboxylic acids is 2. The third kappa shape index (κ3) is 9.19. The zero-order valence-corrected chi connectivity index (χ0v) is 9.71. The summed E-state index contributed by atoms with van der Waals surface area (Å²) in [5, 5.41) is 2.84. The predicted molar refractivity (Wildman–Crippen MR) is 61.5 cm³/mol. The van der Waals surface area contributed by atoms with Gasteiger partial charge in [-0.3, -0.25) is 9.59 Å². The molecule has 1 N–H and O–H groups in total. The van der Waals surface area contributed by atoms with Crippen molar-refractivity contribution in [1.82, 2.24) is 5.32 Å². The Labute approximate surface area is 91.9 Å². The summed E-state index contributed by atoms with van der Waals surface area (Å²) in [4.78, 5) is 22.1. The monoisotopic (exact) mass is 211 g/mol. The average Bonchev–Trinajstić information content (AvgIpc) is 2.21. The van der Waals surface area contributed by atoms with Gasteiger partial charge in [-0.1, -0.05) is 20.4 Å². The number of allylic oxidation sites excluding steroid dienone is 1. The van der Waals surface area contributed by atoms with Crippen LogP contribution in [0.15, 0.2) is 12.7 Å². The van der Waals surface area contributed by atoms with Gasteiger partial charge in [0.05, 0.1) is 0 Å². The molecule has 0 aliphatic rings. The molecular formula is C12H21NO2. The van der Waals surface area contributed by atoms with Crippen molar-refractivity contribution in [2.75, 3.05) is 6.54 Å². The van der Waals surface area contributed by atoms with E-state index in [2.05, 4.69) is 25.7 Å². The first-order valence-corrected chi connectivity index (χ1v) is 5.48. The number of nitrogens with one attached hydrogen (secondary N) is 1. The van der Waals surface area contributed by atoms with Crippen LogP contribution in [-0.4, -0.2) is 18.2 Å². The van der Waals surface area contributed by atoms with Crippen LogP contribution in [-0.2, 0) is 9.59 Å². The van der Waals surface area contributed by atoms with Gasteiger partial charge in [-0.2, -0.15) is 0 Å². The lowest BCUT2D eigenvalue weighted by Crippen LogP contribution is -2.26. The fraction of sp³-hybridized carbons (Fsp3) is 0.667. The maximum Gasteiger partial charge on any atom is 0.220 e. The molecule has 3 nitrogen and oxygen atoms in total. The number of unbranched alkanes of at least 4 members (excludes halogenated alkanes) is 1. The van der Waals surface area contributed by atoms with Crippen LogP contribution in [0.2, 0.25) is 0 Å². The first-order valence-electron chi connectivity index (χ1n) is 5.48. The van der Waals surface area contributed by atoms with E-state index in [0.29, 0.717) is 18.8 Å². The summed E-state index contributed by atoms with van der Waals surface area (Å²) in [6, 6.07) is 0. The van der Waals surface area contributed by atoms with Crippen molar-refractivity contribution < 1.29 is 9.59 Å². The maximum atomic E-state index is 11.2. The van der Waals surface area contributed by atoms with Crippen LogP contribution in [0.5, 0.6) is 0 Å². The Kier molecular flexibility index (Phi) is 7.60. The summed E-state index contributed by atoms with van der Waals surface area (Å²) in [6.07, 6.45) is 3.88. The van der Waals surface area contributed by atoms with Crippen molar-refractivity contribution in [3.05, 3.63) is 12.7 Å². The van der Waals surface area contributed by atoms with Crippen LogP contribution >= 0.6 is 0 Å². The van der Waals surface area contributed by atoms with Crippen LogP contribution in [0.25, 0.3) is 0 Å². The van der Waals surface area contributed by atoms with Gasteiger partial charge in [0.2, 0.25) is 5.91 Å². The van der Waals surface area contributed by atoms with E-state index in [0.717, 1.165) is 19.4 Å². The highest BCUT2D eigenvalue weighted by Crippen LogP contribution is 2.01. The molecule has 0 radical (unpaired) electrons. The van der Waals surface area contributed by atoms with E-state index >= 15 is 0 Å². The van der Waals surface area contributed by atoms with Gasteiger partial charge in [-0.05, 0) is 24.8 Å². The molecule has 0 aliphatic heterocycles. The minimum atomic E-state index is 0.0533. The molecule has 0 atom stereocenters. The molecule has 0 heterocycles. The SMILES string of the molecule is C=CC(=O)CCCCC(=O)NCC(C)C. The first kappa shape index (κ1) is 13.9. The third-order valence-corrected chi connectivity index (χ3v) is 2.01. The van der Waals surface area contributed by atoms with Gasteiger partial charge in [-0.25, -0.2) is 0 Å². The molecule has 0 saturated heterocycles. The zero-order chi connectivity index (χ0) is 11.7. The van der Waals surface area contributed by atoms with E-state index in [-0.39, 0.29) is 11.7 Å². The molecule has 0 fully saturated rings. The number of amides is 1. The zero-order valence-electron chi connectivity index (χ0n) is 9.71. The van der Waals surface area contributed by atoms with E-state index in [9.17, 15) is 9.59 Å². The second kappa shape index (κ2) is 8.21. The molecule has 0 spiro atoms. The first-order chi connectivity index (χ1) is 7.06. The molecular weight excluding hydrogens is 190 g/mol. The van der Waals surface area contributed by atoms with Crippen LogP contribution in [0, 0.1) is 5.92 Å². The summed E-state index contributed by atoms with van der Waals surface area (Å²) >= 11 is 0. The smallest absolute Gasteiger partial charge is 0.220 e. The molecule has 86 valence electrons. The van der Waals surface area contributed by atoms with E-state index in [1.165, 1.54) is 6.08 Å². The number of carbonyl (C=O) groups is 2. The Balaban J connectivity index is 3.39. The van der Waals surface area contributed by atoms with Crippen molar-refractivity contribution in [1.29, 1.82) is 0 Å². The van der Waals surface area contributed by atoms with Gasteiger partial charge in [-0.15, -0.1) is 0 Å². The normalized spacial score (nSPS) is 10.1. The lowest BCUT2D eigenvalue weighted by Gasteiger charge is -2.06. The molecule has 0 aromatic heterocycles. The number of rotatable bonds is 8. The highest BCUT2D eigenvalue weighted by Gasteiger charge is 2.02. The fourth-order valence-electron chi connectivity index (χ4n) is 1.09. The highest BCUT2D eigenvalue weighted by molar-refractivity contribution is 5.88. The van der Waals surface area contributed by atoms with E-state index in [4.69, 9.17) is 0 Å². The Bertz CT molecular complexity index is 222. The molecule has 15 heavy (non-hydrogen) atoms. The summed E-state index contributed by atoms with van der Waals surface area (Å²) in [5.74, 6) is 0.614. The molecule has 0 rings (SSSR count). The van der Waals surface area contributed by atoms with Crippen molar-refractivity contribution in [2.24, 2.45) is 5.92 Å². The predicted octanol–water partition coefficient (Wildman–Crippen LogP) is 2.07. The van der Waals surface area contributed by atoms with Crippen molar-refractivity contribution in [3.8, 4) is 0 Å².